The maximum atomic E-state index is 13.2. The summed E-state index contributed by atoms with van der Waals surface area (Å²) in [5, 5.41) is 3.08. The Morgan fingerprint density at radius 3 is 2.65 bits per heavy atom. The van der Waals surface area contributed by atoms with Crippen molar-refractivity contribution in [1.29, 1.82) is 0 Å². The standard InChI is InChI=1S/C19H27N3O3S/c23-19-13-20-9-11-22(19)17-6-3-10-21(14-17)26(24,25)18-8-7-15-4-1-2-5-16(15)12-18/h7-8,12,17,20H,1-6,9-11,13-14H2. The Morgan fingerprint density at radius 1 is 1.04 bits per heavy atom. The van der Waals surface area contributed by atoms with Gasteiger partial charge in [0.05, 0.1) is 11.4 Å². The molecule has 26 heavy (non-hydrogen) atoms. The predicted molar refractivity (Wildman–Crippen MR) is 99.4 cm³/mol. The molecule has 0 bridgehead atoms. The maximum absolute atomic E-state index is 13.2. The number of amides is 1. The molecule has 2 fully saturated rings. The molecule has 1 unspecified atom stereocenters. The Balaban J connectivity index is 1.54. The lowest BCUT2D eigenvalue weighted by molar-refractivity contribution is -0.135. The van der Waals surface area contributed by atoms with Crippen molar-refractivity contribution >= 4 is 15.9 Å². The minimum atomic E-state index is -3.50. The van der Waals surface area contributed by atoms with Crippen molar-refractivity contribution in [2.24, 2.45) is 0 Å². The molecule has 4 rings (SSSR count). The number of sulfonamides is 1. The van der Waals surface area contributed by atoms with Crippen LogP contribution in [0.1, 0.15) is 36.8 Å². The normalized spacial score (nSPS) is 25.2. The van der Waals surface area contributed by atoms with Crippen LogP contribution in [0.3, 0.4) is 0 Å². The summed E-state index contributed by atoms with van der Waals surface area (Å²) in [5.41, 5.74) is 2.47. The number of nitrogens with zero attached hydrogens (tertiary/aromatic N) is 2. The van der Waals surface area contributed by atoms with E-state index in [9.17, 15) is 13.2 Å². The quantitative estimate of drug-likeness (QED) is 0.858. The minimum absolute atomic E-state index is 0.00856. The lowest BCUT2D eigenvalue weighted by Crippen LogP contribution is -2.57. The monoisotopic (exact) mass is 377 g/mol. The highest BCUT2D eigenvalue weighted by Crippen LogP contribution is 2.28. The molecule has 1 N–H and O–H groups in total. The summed E-state index contributed by atoms with van der Waals surface area (Å²) in [4.78, 5) is 14.4. The van der Waals surface area contributed by atoms with Crippen LogP contribution < -0.4 is 5.32 Å². The Labute approximate surface area is 155 Å². The van der Waals surface area contributed by atoms with E-state index in [4.69, 9.17) is 0 Å². The van der Waals surface area contributed by atoms with Gasteiger partial charge in [0.2, 0.25) is 15.9 Å². The number of piperidine rings is 1. The number of carbonyl (C=O) groups excluding carboxylic acids is 1. The first-order valence-corrected chi connectivity index (χ1v) is 11.1. The van der Waals surface area contributed by atoms with Crippen molar-refractivity contribution in [1.82, 2.24) is 14.5 Å². The van der Waals surface area contributed by atoms with Gasteiger partial charge in [-0.1, -0.05) is 6.07 Å². The molecular formula is C19H27N3O3S. The van der Waals surface area contributed by atoms with Crippen LogP contribution in [-0.4, -0.2) is 62.3 Å². The summed E-state index contributed by atoms with van der Waals surface area (Å²) in [5.74, 6) is 0.0780. The Morgan fingerprint density at radius 2 is 1.85 bits per heavy atom. The molecule has 1 aromatic carbocycles. The summed E-state index contributed by atoms with van der Waals surface area (Å²) in [6.07, 6.45) is 6.01. The van der Waals surface area contributed by atoms with Crippen LogP contribution in [0.5, 0.6) is 0 Å². The molecule has 2 aliphatic heterocycles. The van der Waals surface area contributed by atoms with E-state index in [1.807, 2.05) is 17.0 Å². The van der Waals surface area contributed by atoms with Crippen LogP contribution >= 0.6 is 0 Å². The first-order chi connectivity index (χ1) is 12.6. The molecule has 6 nitrogen and oxygen atoms in total. The zero-order valence-electron chi connectivity index (χ0n) is 15.1. The number of fused-ring (bicyclic) bond motifs is 1. The van der Waals surface area contributed by atoms with Crippen molar-refractivity contribution < 1.29 is 13.2 Å². The van der Waals surface area contributed by atoms with Crippen LogP contribution in [0.25, 0.3) is 0 Å². The number of carbonyl (C=O) groups is 1. The minimum Gasteiger partial charge on any atom is -0.336 e. The number of piperazine rings is 1. The highest BCUT2D eigenvalue weighted by atomic mass is 32.2. The number of nitrogens with one attached hydrogen (secondary N) is 1. The van der Waals surface area contributed by atoms with E-state index >= 15 is 0 Å². The third-order valence-corrected chi connectivity index (χ3v) is 7.74. The van der Waals surface area contributed by atoms with Gasteiger partial charge in [-0.3, -0.25) is 4.79 Å². The summed E-state index contributed by atoms with van der Waals surface area (Å²) in [6, 6.07) is 5.62. The molecule has 142 valence electrons. The van der Waals surface area contributed by atoms with Crippen LogP contribution in [0.15, 0.2) is 23.1 Å². The van der Waals surface area contributed by atoms with Crippen LogP contribution in [0, 0.1) is 0 Å². The van der Waals surface area contributed by atoms with Crippen molar-refractivity contribution in [3.63, 3.8) is 0 Å². The lowest BCUT2D eigenvalue weighted by atomic mass is 9.92. The average molecular weight is 378 g/mol. The summed E-state index contributed by atoms with van der Waals surface area (Å²) < 4.78 is 28.0. The van der Waals surface area contributed by atoms with E-state index in [-0.39, 0.29) is 11.9 Å². The second kappa shape index (κ2) is 7.29. The molecule has 2 heterocycles. The molecule has 0 saturated carbocycles. The molecule has 1 amide bonds. The lowest BCUT2D eigenvalue weighted by Gasteiger charge is -2.40. The second-order valence-corrected chi connectivity index (χ2v) is 9.50. The zero-order valence-corrected chi connectivity index (χ0v) is 15.9. The van der Waals surface area contributed by atoms with Crippen LogP contribution in [0.4, 0.5) is 0 Å². The smallest absolute Gasteiger partial charge is 0.243 e. The number of aryl methyl sites for hydroxylation is 2. The molecular weight excluding hydrogens is 350 g/mol. The van der Waals surface area contributed by atoms with Crippen molar-refractivity contribution in [3.8, 4) is 0 Å². The molecule has 0 radical (unpaired) electrons. The fourth-order valence-corrected chi connectivity index (χ4v) is 5.99. The number of rotatable bonds is 3. The molecule has 2 saturated heterocycles. The summed E-state index contributed by atoms with van der Waals surface area (Å²) >= 11 is 0. The molecule has 1 aromatic rings. The molecule has 1 atom stereocenters. The van der Waals surface area contributed by atoms with Gasteiger partial charge in [0.25, 0.3) is 0 Å². The number of hydrogen-bond acceptors (Lipinski definition) is 4. The van der Waals surface area contributed by atoms with Crippen molar-refractivity contribution in [3.05, 3.63) is 29.3 Å². The largest absolute Gasteiger partial charge is 0.336 e. The van der Waals surface area contributed by atoms with Crippen molar-refractivity contribution in [2.45, 2.75) is 49.5 Å². The predicted octanol–water partition coefficient (Wildman–Crippen LogP) is 1.15. The van der Waals surface area contributed by atoms with Crippen molar-refractivity contribution in [2.75, 3.05) is 32.7 Å². The highest BCUT2D eigenvalue weighted by molar-refractivity contribution is 7.89. The van der Waals surface area contributed by atoms with E-state index in [0.717, 1.165) is 38.6 Å². The zero-order chi connectivity index (χ0) is 18.1. The molecule has 3 aliphatic rings. The maximum Gasteiger partial charge on any atom is 0.243 e. The van der Waals surface area contributed by atoms with Gasteiger partial charge in [0, 0.05) is 32.2 Å². The van der Waals surface area contributed by atoms with Gasteiger partial charge in [0.15, 0.2) is 0 Å². The SMILES string of the molecule is O=C1CNCCN1C1CCCN(S(=O)(=O)c2ccc3c(c2)CCCC3)C1. The fraction of sp³-hybridized carbons (Fsp3) is 0.632. The number of hydrogen-bond donors (Lipinski definition) is 1. The third-order valence-electron chi connectivity index (χ3n) is 5.88. The van der Waals surface area contributed by atoms with E-state index in [2.05, 4.69) is 5.32 Å². The van der Waals surface area contributed by atoms with Gasteiger partial charge in [-0.15, -0.1) is 0 Å². The van der Waals surface area contributed by atoms with Gasteiger partial charge in [0.1, 0.15) is 0 Å². The van der Waals surface area contributed by atoms with Gasteiger partial charge in [-0.05, 0) is 61.8 Å². The number of benzene rings is 1. The summed E-state index contributed by atoms with van der Waals surface area (Å²) in [6.45, 7) is 2.74. The third kappa shape index (κ3) is 3.40. The first-order valence-electron chi connectivity index (χ1n) is 9.68. The van der Waals surface area contributed by atoms with E-state index < -0.39 is 10.0 Å². The topological polar surface area (TPSA) is 69.7 Å². The summed E-state index contributed by atoms with van der Waals surface area (Å²) in [7, 11) is -3.50. The molecule has 7 heteroatoms. The molecule has 1 aliphatic carbocycles. The van der Waals surface area contributed by atoms with Gasteiger partial charge in [-0.25, -0.2) is 8.42 Å². The van der Waals surface area contributed by atoms with E-state index in [1.54, 1.807) is 10.4 Å². The van der Waals surface area contributed by atoms with Gasteiger partial charge >= 0.3 is 0 Å². The first kappa shape index (κ1) is 17.9. The van der Waals surface area contributed by atoms with Crippen LogP contribution in [0.2, 0.25) is 0 Å². The Kier molecular flexibility index (Phi) is 5.03. The molecule has 0 spiro atoms. The Hall–Kier alpha value is -1.44. The molecule has 0 aromatic heterocycles. The fourth-order valence-electron chi connectivity index (χ4n) is 4.42. The average Bonchev–Trinajstić information content (AvgIpc) is 2.68. The van der Waals surface area contributed by atoms with Gasteiger partial charge < -0.3 is 10.2 Å². The van der Waals surface area contributed by atoms with Crippen LogP contribution in [-0.2, 0) is 27.7 Å². The Bertz CT molecular complexity index is 793. The highest BCUT2D eigenvalue weighted by Gasteiger charge is 2.35. The second-order valence-electron chi connectivity index (χ2n) is 7.56. The van der Waals surface area contributed by atoms with Gasteiger partial charge in [-0.2, -0.15) is 4.31 Å². The van der Waals surface area contributed by atoms with E-state index in [1.165, 1.54) is 17.5 Å². The van der Waals surface area contributed by atoms with E-state index in [0.29, 0.717) is 31.1 Å².